The van der Waals surface area contributed by atoms with E-state index in [0.717, 1.165) is 0 Å². The first-order valence-corrected chi connectivity index (χ1v) is 6.09. The van der Waals surface area contributed by atoms with Crippen molar-refractivity contribution in [1.29, 1.82) is 0 Å². The lowest BCUT2D eigenvalue weighted by molar-refractivity contribution is -0.147. The van der Waals surface area contributed by atoms with Crippen LogP contribution in [0.2, 0.25) is 0 Å². The summed E-state index contributed by atoms with van der Waals surface area (Å²) in [5.74, 6) is -1.48. The number of carboxylic acid groups (broad SMARTS) is 1. The van der Waals surface area contributed by atoms with E-state index in [4.69, 9.17) is 5.11 Å². The number of carbonyl (C=O) groups is 2. The molecule has 0 saturated carbocycles. The molecular weight excluding hydrogens is 308 g/mol. The molecule has 0 aromatic heterocycles. The topological polar surface area (TPSA) is 74.6 Å². The van der Waals surface area contributed by atoms with Gasteiger partial charge in [0, 0.05) is 10.5 Å². The number of thiol groups is 1. The van der Waals surface area contributed by atoms with Crippen LogP contribution < -0.4 is 0 Å². The van der Waals surface area contributed by atoms with E-state index in [1.165, 1.54) is 13.0 Å². The number of carbonyl (C=O) groups excluding carboxylic acids is 1. The van der Waals surface area contributed by atoms with Crippen LogP contribution in [0.25, 0.3) is 0 Å². The number of halogens is 1. The lowest BCUT2D eigenvalue weighted by Gasteiger charge is -2.15. The molecule has 17 heavy (non-hydrogen) atoms. The van der Waals surface area contributed by atoms with Crippen LogP contribution in [-0.2, 0) is 9.59 Å². The van der Waals surface area contributed by atoms with Gasteiger partial charge in [-0.1, -0.05) is 34.1 Å². The van der Waals surface area contributed by atoms with Crippen molar-refractivity contribution in [2.75, 3.05) is 0 Å². The van der Waals surface area contributed by atoms with E-state index in [1.807, 2.05) is 0 Å². The highest BCUT2D eigenvalue weighted by Gasteiger charge is 2.23. The van der Waals surface area contributed by atoms with Crippen molar-refractivity contribution >= 4 is 40.3 Å². The summed E-state index contributed by atoms with van der Waals surface area (Å²) in [6, 6.07) is 4.69. The normalized spacial score (nSPS) is 14.1. The van der Waals surface area contributed by atoms with Crippen LogP contribution in [0.5, 0.6) is 0 Å². The summed E-state index contributed by atoms with van der Waals surface area (Å²) in [6.07, 6.45) is -1.64. The molecule has 1 rings (SSSR count). The molecule has 0 heterocycles. The van der Waals surface area contributed by atoms with E-state index in [0.29, 0.717) is 10.5 Å². The maximum absolute atomic E-state index is 11.3. The first-order valence-electron chi connectivity index (χ1n) is 4.73. The number of alkyl halides is 1. The van der Waals surface area contributed by atoms with Crippen LogP contribution >= 0.6 is 28.6 Å². The van der Waals surface area contributed by atoms with Crippen LogP contribution in [0.1, 0.15) is 29.0 Å². The Labute approximate surface area is 112 Å². The minimum atomic E-state index is -1.64. The van der Waals surface area contributed by atoms with Gasteiger partial charge in [0.25, 0.3) is 0 Å². The van der Waals surface area contributed by atoms with Gasteiger partial charge in [0.2, 0.25) is 0 Å². The number of Topliss-reactive ketones (excluding diaryl/α,β-unsaturated/α-hetero) is 1. The van der Waals surface area contributed by atoms with Gasteiger partial charge in [-0.25, -0.2) is 4.79 Å². The zero-order valence-electron chi connectivity index (χ0n) is 8.92. The van der Waals surface area contributed by atoms with Crippen LogP contribution in [0.3, 0.4) is 0 Å². The van der Waals surface area contributed by atoms with Gasteiger partial charge < -0.3 is 10.2 Å². The Hall–Kier alpha value is -0.850. The molecule has 0 aliphatic heterocycles. The number of aliphatic hydroxyl groups excluding tert-OH is 1. The smallest absolute Gasteiger partial charge is 0.337 e. The molecule has 2 N–H and O–H groups in total. The number of benzene rings is 1. The highest BCUT2D eigenvalue weighted by molar-refractivity contribution is 9.09. The van der Waals surface area contributed by atoms with Gasteiger partial charge in [0.05, 0.1) is 4.83 Å². The summed E-state index contributed by atoms with van der Waals surface area (Å²) >= 11 is 7.37. The summed E-state index contributed by atoms with van der Waals surface area (Å²) in [5, 5.41) is 18.2. The Morgan fingerprint density at radius 2 is 1.88 bits per heavy atom. The third kappa shape index (κ3) is 3.08. The summed E-state index contributed by atoms with van der Waals surface area (Å²) in [6.45, 7) is 1.41. The Morgan fingerprint density at radius 1 is 1.35 bits per heavy atom. The molecule has 0 saturated heterocycles. The quantitative estimate of drug-likeness (QED) is 0.587. The van der Waals surface area contributed by atoms with E-state index in [-0.39, 0.29) is 11.3 Å². The zero-order valence-corrected chi connectivity index (χ0v) is 11.4. The average Bonchev–Trinajstić information content (AvgIpc) is 2.27. The number of aliphatic hydroxyl groups is 1. The molecule has 6 heteroatoms. The Bertz CT molecular complexity index is 423. The lowest BCUT2D eigenvalue weighted by Crippen LogP contribution is -2.13. The Morgan fingerprint density at radius 3 is 2.35 bits per heavy atom. The predicted molar refractivity (Wildman–Crippen MR) is 68.6 cm³/mol. The third-order valence-electron chi connectivity index (χ3n) is 2.26. The largest absolute Gasteiger partial charge is 0.479 e. The lowest BCUT2D eigenvalue weighted by atomic mass is 10.0. The molecule has 2 unspecified atom stereocenters. The van der Waals surface area contributed by atoms with Gasteiger partial charge in [0.1, 0.15) is 5.78 Å². The summed E-state index contributed by atoms with van der Waals surface area (Å²) in [7, 11) is 0. The standard InChI is InChI=1S/C11H11BrO4S/c1-5(13)8(12)6-3-2-4-7(10(6)17)9(14)11(15)16/h2-4,8-9,14,17H,1H3,(H,15,16). The SMILES string of the molecule is CC(=O)C(Br)c1cccc(C(O)C(=O)O)c1S. The summed E-state index contributed by atoms with van der Waals surface area (Å²) in [5.41, 5.74) is 0.711. The molecule has 0 aliphatic rings. The van der Waals surface area contributed by atoms with Gasteiger partial charge in [0.15, 0.2) is 6.10 Å². The van der Waals surface area contributed by atoms with Crippen LogP contribution in [0.15, 0.2) is 23.1 Å². The van der Waals surface area contributed by atoms with Gasteiger partial charge in [-0.05, 0) is 12.5 Å². The highest BCUT2D eigenvalue weighted by atomic mass is 79.9. The molecule has 1 aromatic carbocycles. The fraction of sp³-hybridized carbons (Fsp3) is 0.273. The number of ketones is 1. The highest BCUT2D eigenvalue weighted by Crippen LogP contribution is 2.33. The molecule has 1 aromatic rings. The van der Waals surface area contributed by atoms with Crippen molar-refractivity contribution < 1.29 is 19.8 Å². The number of hydrogen-bond donors (Lipinski definition) is 3. The second-order valence-corrected chi connectivity index (χ2v) is 4.86. The minimum Gasteiger partial charge on any atom is -0.479 e. The number of carboxylic acids is 1. The molecule has 2 atom stereocenters. The van der Waals surface area contributed by atoms with Gasteiger partial charge in [-0.15, -0.1) is 12.6 Å². The fourth-order valence-corrected chi connectivity index (χ4v) is 2.32. The number of aliphatic carboxylic acids is 1. The van der Waals surface area contributed by atoms with Crippen LogP contribution in [-0.4, -0.2) is 22.0 Å². The summed E-state index contributed by atoms with van der Waals surface area (Å²) < 4.78 is 0. The number of hydrogen-bond acceptors (Lipinski definition) is 4. The molecule has 0 aliphatic carbocycles. The predicted octanol–water partition coefficient (Wildman–Crippen LogP) is 2.12. The maximum atomic E-state index is 11.3. The fourth-order valence-electron chi connectivity index (χ4n) is 1.36. The van der Waals surface area contributed by atoms with E-state index in [9.17, 15) is 14.7 Å². The van der Waals surface area contributed by atoms with Crippen LogP contribution in [0, 0.1) is 0 Å². The van der Waals surface area contributed by atoms with Crippen LogP contribution in [0.4, 0.5) is 0 Å². The van der Waals surface area contributed by atoms with Crippen molar-refractivity contribution in [3.63, 3.8) is 0 Å². The van der Waals surface area contributed by atoms with Gasteiger partial charge in [-0.3, -0.25) is 4.79 Å². The van der Waals surface area contributed by atoms with E-state index in [1.54, 1.807) is 12.1 Å². The van der Waals surface area contributed by atoms with E-state index >= 15 is 0 Å². The first kappa shape index (κ1) is 14.2. The van der Waals surface area contributed by atoms with Crippen molar-refractivity contribution in [1.82, 2.24) is 0 Å². The molecule has 0 bridgehead atoms. The molecule has 0 spiro atoms. The Balaban J connectivity index is 3.25. The maximum Gasteiger partial charge on any atom is 0.337 e. The van der Waals surface area contributed by atoms with Crippen molar-refractivity contribution in [2.24, 2.45) is 0 Å². The van der Waals surface area contributed by atoms with Gasteiger partial charge in [-0.2, -0.15) is 0 Å². The third-order valence-corrected chi connectivity index (χ3v) is 3.91. The molecular formula is C11H11BrO4S. The molecule has 0 amide bonds. The second kappa shape index (κ2) is 5.66. The molecule has 92 valence electrons. The van der Waals surface area contributed by atoms with E-state index in [2.05, 4.69) is 28.6 Å². The van der Waals surface area contributed by atoms with E-state index < -0.39 is 16.9 Å². The molecule has 0 radical (unpaired) electrons. The molecule has 0 fully saturated rings. The summed E-state index contributed by atoms with van der Waals surface area (Å²) in [4.78, 5) is 21.7. The molecule has 4 nitrogen and oxygen atoms in total. The monoisotopic (exact) mass is 318 g/mol. The number of rotatable bonds is 4. The van der Waals surface area contributed by atoms with Gasteiger partial charge >= 0.3 is 5.97 Å². The second-order valence-electron chi connectivity index (χ2n) is 3.50. The van der Waals surface area contributed by atoms with Crippen molar-refractivity contribution in [2.45, 2.75) is 22.8 Å². The Kier molecular flexibility index (Phi) is 4.73. The van der Waals surface area contributed by atoms with Crippen molar-refractivity contribution in [3.05, 3.63) is 29.3 Å². The zero-order chi connectivity index (χ0) is 13.2. The first-order chi connectivity index (χ1) is 7.86. The van der Waals surface area contributed by atoms with Crippen molar-refractivity contribution in [3.8, 4) is 0 Å². The minimum absolute atomic E-state index is 0.123. The average molecular weight is 319 g/mol.